The highest BCUT2D eigenvalue weighted by molar-refractivity contribution is 5.81. The second kappa shape index (κ2) is 12.0. The molecule has 0 spiro atoms. The van der Waals surface area contributed by atoms with Crippen LogP contribution in [0.2, 0.25) is 0 Å². The molecule has 6 nitrogen and oxygen atoms in total. The van der Waals surface area contributed by atoms with Crippen LogP contribution < -0.4 is 4.74 Å². The molecule has 208 valence electrons. The number of H-pyrrole nitrogens is 1. The molecule has 0 unspecified atom stereocenters. The number of esters is 1. The molecule has 1 saturated carbocycles. The van der Waals surface area contributed by atoms with Crippen molar-refractivity contribution in [1.29, 1.82) is 0 Å². The van der Waals surface area contributed by atoms with Crippen LogP contribution in [-0.2, 0) is 16.0 Å². The number of aromatic amines is 1. The van der Waals surface area contributed by atoms with Crippen LogP contribution in [0.25, 0.3) is 16.6 Å². The van der Waals surface area contributed by atoms with Gasteiger partial charge in [0.1, 0.15) is 22.7 Å². The van der Waals surface area contributed by atoms with Gasteiger partial charge in [0, 0.05) is 25.3 Å². The highest BCUT2D eigenvalue weighted by Gasteiger charge is 2.50. The Morgan fingerprint density at radius 3 is 2.67 bits per heavy atom. The summed E-state index contributed by atoms with van der Waals surface area (Å²) in [7, 11) is 2.18. The van der Waals surface area contributed by atoms with E-state index in [4.69, 9.17) is 14.5 Å². The summed E-state index contributed by atoms with van der Waals surface area (Å²) >= 11 is 0. The number of aryl methyl sites for hydroxylation is 1. The number of nitrogens with zero attached hydrogens (tertiary/aromatic N) is 2. The smallest absolute Gasteiger partial charge is 0.308 e. The molecule has 3 atom stereocenters. The molecule has 3 aliphatic carbocycles. The first-order valence-corrected chi connectivity index (χ1v) is 14.7. The Kier molecular flexibility index (Phi) is 8.41. The zero-order valence-electron chi connectivity index (χ0n) is 23.9. The fourth-order valence-corrected chi connectivity index (χ4v) is 6.36. The van der Waals surface area contributed by atoms with Crippen LogP contribution in [0.3, 0.4) is 0 Å². The minimum Gasteiger partial charge on any atom is -0.492 e. The highest BCUT2D eigenvalue weighted by Crippen LogP contribution is 2.53. The number of aromatic nitrogens is 2. The van der Waals surface area contributed by atoms with Gasteiger partial charge in [0.25, 0.3) is 0 Å². The number of hydrogen-bond acceptors (Lipinski definition) is 5. The number of carbonyl (C=O) groups is 1. The normalized spacial score (nSPS) is 22.5. The molecule has 0 saturated heterocycles. The molecule has 1 fully saturated rings. The monoisotopic (exact) mass is 529 g/mol. The minimum absolute atomic E-state index is 0.0730. The molecule has 0 radical (unpaired) electrons. The van der Waals surface area contributed by atoms with Gasteiger partial charge < -0.3 is 19.4 Å². The molecule has 0 amide bonds. The van der Waals surface area contributed by atoms with E-state index in [2.05, 4.69) is 53.3 Å². The van der Waals surface area contributed by atoms with Crippen LogP contribution in [0.4, 0.5) is 0 Å². The van der Waals surface area contributed by atoms with E-state index in [9.17, 15) is 4.79 Å². The molecule has 1 aromatic heterocycles. The summed E-state index contributed by atoms with van der Waals surface area (Å²) < 4.78 is 12.1. The van der Waals surface area contributed by atoms with Gasteiger partial charge in [-0.25, -0.2) is 4.98 Å². The number of ether oxygens (including phenoxy) is 2. The van der Waals surface area contributed by atoms with Crippen molar-refractivity contribution in [3.63, 3.8) is 0 Å². The number of hydrogen-bond donors (Lipinski definition) is 1. The third-order valence-corrected chi connectivity index (χ3v) is 8.49. The zero-order chi connectivity index (χ0) is 27.4. The van der Waals surface area contributed by atoms with Gasteiger partial charge in [0.05, 0.1) is 18.0 Å². The fraction of sp³-hybridized carbons (Fsp3) is 0.515. The molecule has 39 heavy (non-hydrogen) atoms. The number of nitrogens with one attached hydrogen (secondary N) is 1. The van der Waals surface area contributed by atoms with Crippen molar-refractivity contribution in [2.45, 2.75) is 64.9 Å². The van der Waals surface area contributed by atoms with Crippen LogP contribution >= 0.6 is 0 Å². The van der Waals surface area contributed by atoms with E-state index in [0.29, 0.717) is 12.5 Å². The van der Waals surface area contributed by atoms with Crippen LogP contribution in [0.1, 0.15) is 64.3 Å². The Morgan fingerprint density at radius 1 is 1.13 bits per heavy atom. The van der Waals surface area contributed by atoms with Crippen molar-refractivity contribution in [3.8, 4) is 5.75 Å². The lowest BCUT2D eigenvalue weighted by atomic mass is 9.60. The van der Waals surface area contributed by atoms with Gasteiger partial charge in [-0.15, -0.1) is 0 Å². The zero-order valence-corrected chi connectivity index (χ0v) is 23.9. The lowest BCUT2D eigenvalue weighted by molar-refractivity contribution is -0.176. The van der Waals surface area contributed by atoms with Crippen molar-refractivity contribution in [2.75, 3.05) is 26.7 Å². The summed E-state index contributed by atoms with van der Waals surface area (Å²) in [6.45, 7) is 8.35. The molecule has 6 heteroatoms. The Bertz CT molecular complexity index is 1300. The van der Waals surface area contributed by atoms with E-state index < -0.39 is 5.60 Å². The van der Waals surface area contributed by atoms with Crippen LogP contribution in [0, 0.1) is 17.8 Å². The predicted octanol–water partition coefficient (Wildman–Crippen LogP) is 6.67. The fourth-order valence-electron chi connectivity index (χ4n) is 6.36. The van der Waals surface area contributed by atoms with Crippen LogP contribution in [0.15, 0.2) is 54.6 Å². The first-order chi connectivity index (χ1) is 18.9. The summed E-state index contributed by atoms with van der Waals surface area (Å²) in [5.41, 5.74) is 4.27. The van der Waals surface area contributed by atoms with Gasteiger partial charge in [-0.2, -0.15) is 0 Å². The molecule has 2 bridgehead atoms. The lowest BCUT2D eigenvalue weighted by Gasteiger charge is -2.50. The Labute approximate surface area is 232 Å². The number of imidazole rings is 1. The average Bonchev–Trinajstić information content (AvgIpc) is 3.37. The van der Waals surface area contributed by atoms with Crippen molar-refractivity contribution >= 4 is 22.6 Å². The van der Waals surface area contributed by atoms with Crippen molar-refractivity contribution in [3.05, 3.63) is 66.0 Å². The van der Waals surface area contributed by atoms with Crippen molar-refractivity contribution in [1.82, 2.24) is 14.9 Å². The van der Waals surface area contributed by atoms with Gasteiger partial charge >= 0.3 is 5.97 Å². The van der Waals surface area contributed by atoms with Gasteiger partial charge in [-0.3, -0.25) is 4.79 Å². The first kappa shape index (κ1) is 27.4. The molecule has 3 aliphatic rings. The second-order valence-electron chi connectivity index (χ2n) is 11.6. The van der Waals surface area contributed by atoms with Crippen LogP contribution in [-0.4, -0.2) is 53.2 Å². The number of fused-ring (bicyclic) bond motifs is 3. The Balaban J connectivity index is 1.22. The van der Waals surface area contributed by atoms with Gasteiger partial charge in [0.15, 0.2) is 0 Å². The quantitative estimate of drug-likeness (QED) is 0.266. The van der Waals surface area contributed by atoms with E-state index in [0.717, 1.165) is 67.8 Å². The lowest BCUT2D eigenvalue weighted by Crippen LogP contribution is -2.51. The number of carbonyl (C=O) groups excluding carboxylic acids is 1. The third kappa shape index (κ3) is 6.06. The summed E-state index contributed by atoms with van der Waals surface area (Å²) in [5, 5.41) is 0. The van der Waals surface area contributed by atoms with Gasteiger partial charge in [-0.05, 0) is 75.4 Å². The standard InChI is InChI=1S/C33H43N3O3/c1-5-38-29-14-9-13-28-31(29)35-30(34-28)15-10-19-36(4)20-18-33(39-32(37)23(2)3)22-25-16-17-26(33)21-27(25)24-11-7-6-8-12-24/h6-9,11-14,21,23,25-26H,5,10,15-20,22H2,1-4H3,(H,34,35)/t25-,26-,33+/m0/s1. The molecule has 1 N–H and O–H groups in total. The maximum atomic E-state index is 12.9. The topological polar surface area (TPSA) is 67.4 Å². The van der Waals surface area contributed by atoms with E-state index in [-0.39, 0.29) is 17.8 Å². The van der Waals surface area contributed by atoms with Gasteiger partial charge in [-0.1, -0.05) is 56.3 Å². The number of rotatable bonds is 12. The largest absolute Gasteiger partial charge is 0.492 e. The van der Waals surface area contributed by atoms with E-state index >= 15 is 0 Å². The number of benzene rings is 2. The molecule has 2 aromatic carbocycles. The number of allylic oxidation sites excluding steroid dienone is 1. The molecule has 3 aromatic rings. The Morgan fingerprint density at radius 2 is 1.95 bits per heavy atom. The predicted molar refractivity (Wildman–Crippen MR) is 157 cm³/mol. The average molecular weight is 530 g/mol. The SMILES string of the molecule is CCOc1cccc2[nH]c(CCCN(C)CC[C@@]3(OC(=O)C(C)C)C[C@@H]4CC[C@H]3C=C4c3ccccc3)nc12. The first-order valence-electron chi connectivity index (χ1n) is 14.7. The van der Waals surface area contributed by atoms with E-state index in [1.54, 1.807) is 0 Å². The van der Waals surface area contributed by atoms with Gasteiger partial charge in [0.2, 0.25) is 0 Å². The molecular weight excluding hydrogens is 486 g/mol. The maximum Gasteiger partial charge on any atom is 0.308 e. The van der Waals surface area contributed by atoms with E-state index in [1.165, 1.54) is 17.6 Å². The van der Waals surface area contributed by atoms with Crippen LogP contribution in [0.5, 0.6) is 5.75 Å². The third-order valence-electron chi connectivity index (χ3n) is 8.49. The maximum absolute atomic E-state index is 12.9. The van der Waals surface area contributed by atoms with Crippen molar-refractivity contribution < 1.29 is 14.3 Å². The second-order valence-corrected chi connectivity index (χ2v) is 11.6. The van der Waals surface area contributed by atoms with E-state index in [1.807, 2.05) is 39.0 Å². The summed E-state index contributed by atoms with van der Waals surface area (Å²) in [4.78, 5) is 23.5. The summed E-state index contributed by atoms with van der Waals surface area (Å²) in [5.74, 6) is 2.35. The molecular formula is C33H43N3O3. The summed E-state index contributed by atoms with van der Waals surface area (Å²) in [6.07, 6.45) is 8.36. The Hall–Kier alpha value is -3.12. The minimum atomic E-state index is -0.411. The highest BCUT2D eigenvalue weighted by atomic mass is 16.6. The molecule has 0 aliphatic heterocycles. The molecule has 6 rings (SSSR count). The molecule has 1 heterocycles. The number of para-hydroxylation sites is 1. The van der Waals surface area contributed by atoms with Crippen molar-refractivity contribution in [2.24, 2.45) is 17.8 Å². The summed E-state index contributed by atoms with van der Waals surface area (Å²) in [6, 6.07) is 16.7.